The van der Waals surface area contributed by atoms with E-state index >= 15 is 0 Å². The molecule has 1 heterocycles. The van der Waals surface area contributed by atoms with Crippen molar-refractivity contribution in [3.63, 3.8) is 0 Å². The Kier molecular flexibility index (Phi) is 12.5. The van der Waals surface area contributed by atoms with Crippen LogP contribution in [-0.4, -0.2) is 71.1 Å². The van der Waals surface area contributed by atoms with Crippen LogP contribution in [0.15, 0.2) is 29.3 Å². The molecule has 0 saturated carbocycles. The largest absolute Gasteiger partial charge is 0.496 e. The number of ether oxygens (including phenoxy) is 3. The Balaban J connectivity index is 0.00000392. The molecule has 1 atom stereocenters. The molecule has 0 radical (unpaired) electrons. The number of aliphatic imine (C=N–C) groups is 1. The maximum atomic E-state index is 5.95. The van der Waals surface area contributed by atoms with Crippen LogP contribution < -0.4 is 10.1 Å². The van der Waals surface area contributed by atoms with Crippen molar-refractivity contribution in [2.24, 2.45) is 4.99 Å². The van der Waals surface area contributed by atoms with Crippen LogP contribution in [0.5, 0.6) is 5.75 Å². The molecule has 1 aromatic rings. The minimum Gasteiger partial charge on any atom is -0.496 e. The van der Waals surface area contributed by atoms with Crippen molar-refractivity contribution in [2.45, 2.75) is 38.2 Å². The van der Waals surface area contributed by atoms with Gasteiger partial charge in [0.15, 0.2) is 5.96 Å². The van der Waals surface area contributed by atoms with Crippen LogP contribution in [-0.2, 0) is 9.47 Å². The number of hydrogen-bond acceptors (Lipinski definition) is 4. The molecule has 0 aliphatic carbocycles. The number of nitrogens with one attached hydrogen (secondary N) is 1. The minimum atomic E-state index is 0. The monoisotopic (exact) mass is 505 g/mol. The highest BCUT2D eigenvalue weighted by atomic mass is 127. The average molecular weight is 505 g/mol. The van der Waals surface area contributed by atoms with Crippen molar-refractivity contribution in [3.05, 3.63) is 29.8 Å². The number of likely N-dealkylation sites (tertiary alicyclic amines) is 1. The Bertz CT molecular complexity index is 578. The number of guanidine groups is 1. The third-order valence-corrected chi connectivity index (χ3v) is 5.04. The van der Waals surface area contributed by atoms with Gasteiger partial charge in [0.2, 0.25) is 0 Å². The van der Waals surface area contributed by atoms with E-state index in [1.54, 1.807) is 14.2 Å². The fraction of sp³-hybridized carbons (Fsp3) is 0.667. The lowest BCUT2D eigenvalue weighted by Gasteiger charge is -2.34. The topological polar surface area (TPSA) is 55.3 Å². The number of halogens is 1. The molecule has 1 fully saturated rings. The number of methoxy groups -OCH3 is 2. The Labute approximate surface area is 187 Å². The van der Waals surface area contributed by atoms with E-state index in [2.05, 4.69) is 34.3 Å². The summed E-state index contributed by atoms with van der Waals surface area (Å²) in [4.78, 5) is 6.80. The van der Waals surface area contributed by atoms with Crippen molar-refractivity contribution in [3.8, 4) is 5.75 Å². The third kappa shape index (κ3) is 7.75. The molecule has 0 amide bonds. The van der Waals surface area contributed by atoms with Crippen molar-refractivity contribution in [1.82, 2.24) is 10.2 Å². The lowest BCUT2D eigenvalue weighted by Crippen LogP contribution is -2.47. The van der Waals surface area contributed by atoms with Crippen LogP contribution in [0.1, 0.15) is 37.7 Å². The smallest absolute Gasteiger partial charge is 0.193 e. The van der Waals surface area contributed by atoms with Gasteiger partial charge in [-0.05, 0) is 30.9 Å². The summed E-state index contributed by atoms with van der Waals surface area (Å²) in [5.41, 5.74) is 1.21. The van der Waals surface area contributed by atoms with Gasteiger partial charge in [-0.2, -0.15) is 0 Å². The van der Waals surface area contributed by atoms with Crippen molar-refractivity contribution < 1.29 is 14.2 Å². The standard InChI is InChI=1S/C21H35N3O3.HI/c1-17(19-8-5-6-9-20(19)26-4)16-23-21(22-2)24-12-10-18(11-13-24)27-15-7-14-25-3;/h5-6,8-9,17-18H,7,10-16H2,1-4H3,(H,22,23);1H. The van der Waals surface area contributed by atoms with Crippen molar-refractivity contribution in [1.29, 1.82) is 0 Å². The molecule has 1 aliphatic rings. The molecule has 1 aromatic carbocycles. The van der Waals surface area contributed by atoms with Crippen LogP contribution in [0, 0.1) is 0 Å². The average Bonchev–Trinajstić information content (AvgIpc) is 2.72. The predicted octanol–water partition coefficient (Wildman–Crippen LogP) is 3.51. The number of benzene rings is 1. The summed E-state index contributed by atoms with van der Waals surface area (Å²) in [6.07, 6.45) is 3.38. The van der Waals surface area contributed by atoms with E-state index in [-0.39, 0.29) is 24.0 Å². The zero-order valence-electron chi connectivity index (χ0n) is 17.6. The molecule has 160 valence electrons. The van der Waals surface area contributed by atoms with E-state index in [0.717, 1.165) is 63.8 Å². The van der Waals surface area contributed by atoms with Crippen molar-refractivity contribution in [2.75, 3.05) is 54.1 Å². The summed E-state index contributed by atoms with van der Waals surface area (Å²) < 4.78 is 16.5. The number of rotatable bonds is 9. The maximum absolute atomic E-state index is 5.95. The first-order valence-electron chi connectivity index (χ1n) is 9.88. The number of nitrogens with zero attached hydrogens (tertiary/aromatic N) is 2. The highest BCUT2D eigenvalue weighted by Crippen LogP contribution is 2.25. The summed E-state index contributed by atoms with van der Waals surface area (Å²) in [6.45, 7) is 6.51. The first-order chi connectivity index (χ1) is 13.2. The Hall–Kier alpha value is -1.06. The van der Waals surface area contributed by atoms with E-state index in [4.69, 9.17) is 14.2 Å². The number of hydrogen-bond donors (Lipinski definition) is 1. The molecule has 2 rings (SSSR count). The molecule has 0 aromatic heterocycles. The highest BCUT2D eigenvalue weighted by Gasteiger charge is 2.22. The van der Waals surface area contributed by atoms with Gasteiger partial charge < -0.3 is 24.4 Å². The third-order valence-electron chi connectivity index (χ3n) is 5.04. The summed E-state index contributed by atoms with van der Waals surface area (Å²) in [7, 11) is 5.30. The van der Waals surface area contributed by atoms with Crippen LogP contribution in [0.2, 0.25) is 0 Å². The van der Waals surface area contributed by atoms with Crippen molar-refractivity contribution >= 4 is 29.9 Å². The normalized spacial score (nSPS) is 16.4. The van der Waals surface area contributed by atoms with Crippen LogP contribution in [0.25, 0.3) is 0 Å². The lowest BCUT2D eigenvalue weighted by molar-refractivity contribution is 0.00990. The molecular weight excluding hydrogens is 469 g/mol. The molecule has 0 bridgehead atoms. The van der Waals surface area contributed by atoms with E-state index in [0.29, 0.717) is 12.0 Å². The van der Waals surface area contributed by atoms with Gasteiger partial charge in [0, 0.05) is 52.9 Å². The Morgan fingerprint density at radius 1 is 1.21 bits per heavy atom. The van der Waals surface area contributed by atoms with Crippen LogP contribution >= 0.6 is 24.0 Å². The molecular formula is C21H36IN3O3. The van der Waals surface area contributed by atoms with Gasteiger partial charge in [0.05, 0.1) is 13.2 Å². The summed E-state index contributed by atoms with van der Waals surface area (Å²) in [6, 6.07) is 8.20. The van der Waals surface area contributed by atoms with Gasteiger partial charge in [-0.25, -0.2) is 0 Å². The van der Waals surface area contributed by atoms with Gasteiger partial charge in [-0.3, -0.25) is 4.99 Å². The summed E-state index contributed by atoms with van der Waals surface area (Å²) >= 11 is 0. The van der Waals surface area contributed by atoms with E-state index in [1.807, 2.05) is 19.2 Å². The van der Waals surface area contributed by atoms with E-state index < -0.39 is 0 Å². The molecule has 7 heteroatoms. The van der Waals surface area contributed by atoms with Gasteiger partial charge in [-0.15, -0.1) is 24.0 Å². The second-order valence-electron chi connectivity index (χ2n) is 6.97. The van der Waals surface area contributed by atoms with Crippen LogP contribution in [0.3, 0.4) is 0 Å². The fourth-order valence-corrected chi connectivity index (χ4v) is 3.45. The van der Waals surface area contributed by atoms with E-state index in [1.165, 1.54) is 5.56 Å². The number of piperidine rings is 1. The zero-order chi connectivity index (χ0) is 19.5. The van der Waals surface area contributed by atoms with Crippen LogP contribution in [0.4, 0.5) is 0 Å². The fourth-order valence-electron chi connectivity index (χ4n) is 3.45. The van der Waals surface area contributed by atoms with E-state index in [9.17, 15) is 0 Å². The SMILES string of the molecule is CN=C(NCC(C)c1ccccc1OC)N1CCC(OCCCOC)CC1.I. The Morgan fingerprint density at radius 3 is 2.57 bits per heavy atom. The second-order valence-corrected chi connectivity index (χ2v) is 6.97. The van der Waals surface area contributed by atoms with Gasteiger partial charge in [0.1, 0.15) is 5.75 Å². The maximum Gasteiger partial charge on any atom is 0.193 e. The summed E-state index contributed by atoms with van der Waals surface area (Å²) in [5.74, 6) is 2.24. The molecule has 28 heavy (non-hydrogen) atoms. The van der Waals surface area contributed by atoms with Gasteiger partial charge >= 0.3 is 0 Å². The second kappa shape index (κ2) is 14.0. The van der Waals surface area contributed by atoms with Gasteiger partial charge in [0.25, 0.3) is 0 Å². The quantitative estimate of drug-likeness (QED) is 0.241. The Morgan fingerprint density at radius 2 is 1.93 bits per heavy atom. The van der Waals surface area contributed by atoms with Gasteiger partial charge in [-0.1, -0.05) is 25.1 Å². The first kappa shape index (κ1) is 25.0. The first-order valence-corrected chi connectivity index (χ1v) is 9.88. The molecule has 6 nitrogen and oxygen atoms in total. The predicted molar refractivity (Wildman–Crippen MR) is 125 cm³/mol. The highest BCUT2D eigenvalue weighted by molar-refractivity contribution is 14.0. The molecule has 1 N–H and O–H groups in total. The number of para-hydroxylation sites is 1. The molecule has 1 saturated heterocycles. The summed E-state index contributed by atoms with van der Waals surface area (Å²) in [5, 5.41) is 3.53. The zero-order valence-corrected chi connectivity index (χ0v) is 20.0. The lowest BCUT2D eigenvalue weighted by atomic mass is 10.00. The minimum absolute atomic E-state index is 0. The molecule has 0 spiro atoms. The molecule has 1 unspecified atom stereocenters. The molecule has 1 aliphatic heterocycles.